The fraction of sp³-hybridized carbons (Fsp3) is 0.417. The second kappa shape index (κ2) is 8.80. The second-order valence-electron chi connectivity index (χ2n) is 8.50. The smallest absolute Gasteiger partial charge is 0.202 e. The van der Waals surface area contributed by atoms with Gasteiger partial charge in [0.2, 0.25) is 6.23 Å². The Morgan fingerprint density at radius 1 is 1.19 bits per heavy atom. The molecule has 32 heavy (non-hydrogen) atoms. The molecular formula is C24H30N6O2. The number of nitrogens with two attached hydrogens (primary N) is 1. The topological polar surface area (TPSA) is 81.7 Å². The molecule has 1 atom stereocenters. The molecule has 1 saturated heterocycles. The van der Waals surface area contributed by atoms with Crippen LogP contribution < -0.4 is 15.5 Å². The van der Waals surface area contributed by atoms with Gasteiger partial charge in [-0.3, -0.25) is 9.67 Å². The van der Waals surface area contributed by atoms with Crippen molar-refractivity contribution in [1.29, 1.82) is 0 Å². The van der Waals surface area contributed by atoms with Gasteiger partial charge in [-0.05, 0) is 44.0 Å². The summed E-state index contributed by atoms with van der Waals surface area (Å²) in [5.41, 5.74) is 11.6. The van der Waals surface area contributed by atoms with E-state index in [0.29, 0.717) is 6.61 Å². The third-order valence-electron chi connectivity index (χ3n) is 6.29. The summed E-state index contributed by atoms with van der Waals surface area (Å²) in [7, 11) is 1.72. The molecule has 168 valence electrons. The third-order valence-corrected chi connectivity index (χ3v) is 6.29. The minimum absolute atomic E-state index is 0.233. The lowest BCUT2D eigenvalue weighted by atomic mass is 10.0. The van der Waals surface area contributed by atoms with Crippen LogP contribution in [-0.2, 0) is 16.0 Å². The SMILES string of the molecule is COCCn1ncc2cc(N3C=COC3c3ccnc(C)c3)c(N3CCC(N)CC3)cc21. The molecule has 0 aliphatic carbocycles. The van der Waals surface area contributed by atoms with Crippen molar-refractivity contribution in [3.05, 3.63) is 60.4 Å². The van der Waals surface area contributed by atoms with Gasteiger partial charge in [0.05, 0.1) is 36.2 Å². The third kappa shape index (κ3) is 3.91. The van der Waals surface area contributed by atoms with Gasteiger partial charge in [-0.2, -0.15) is 5.10 Å². The van der Waals surface area contributed by atoms with Crippen molar-refractivity contribution < 1.29 is 9.47 Å². The zero-order valence-electron chi connectivity index (χ0n) is 18.6. The van der Waals surface area contributed by atoms with E-state index in [1.807, 2.05) is 36.3 Å². The lowest BCUT2D eigenvalue weighted by Gasteiger charge is -2.36. The monoisotopic (exact) mass is 434 g/mol. The van der Waals surface area contributed by atoms with Gasteiger partial charge in [-0.25, -0.2) is 0 Å². The zero-order chi connectivity index (χ0) is 22.1. The van der Waals surface area contributed by atoms with Crippen LogP contribution in [-0.4, -0.2) is 47.6 Å². The molecule has 2 aliphatic rings. The summed E-state index contributed by atoms with van der Waals surface area (Å²) in [6, 6.07) is 8.83. The van der Waals surface area contributed by atoms with Crippen molar-refractivity contribution in [3.8, 4) is 0 Å². The van der Waals surface area contributed by atoms with Gasteiger partial charge in [0.25, 0.3) is 0 Å². The van der Waals surface area contributed by atoms with E-state index in [0.717, 1.165) is 60.3 Å². The fourth-order valence-corrected chi connectivity index (χ4v) is 4.55. The summed E-state index contributed by atoms with van der Waals surface area (Å²) in [5.74, 6) is 0. The minimum atomic E-state index is -0.233. The number of ether oxygens (including phenoxy) is 2. The molecule has 1 unspecified atom stereocenters. The molecule has 8 heteroatoms. The lowest BCUT2D eigenvalue weighted by molar-refractivity contribution is 0.174. The highest BCUT2D eigenvalue weighted by molar-refractivity contribution is 5.91. The predicted molar refractivity (Wildman–Crippen MR) is 125 cm³/mol. The number of anilines is 2. The van der Waals surface area contributed by atoms with E-state index in [9.17, 15) is 0 Å². The molecule has 1 aromatic carbocycles. The second-order valence-corrected chi connectivity index (χ2v) is 8.50. The number of aromatic nitrogens is 3. The molecule has 0 bridgehead atoms. The molecule has 0 spiro atoms. The number of pyridine rings is 1. The van der Waals surface area contributed by atoms with Crippen LogP contribution in [0.1, 0.15) is 30.3 Å². The van der Waals surface area contributed by atoms with Crippen molar-refractivity contribution in [2.24, 2.45) is 5.73 Å². The van der Waals surface area contributed by atoms with E-state index in [1.165, 1.54) is 5.69 Å². The Hall–Kier alpha value is -3.10. The van der Waals surface area contributed by atoms with Crippen LogP contribution in [0.4, 0.5) is 11.4 Å². The highest BCUT2D eigenvalue weighted by atomic mass is 16.5. The average Bonchev–Trinajstić information content (AvgIpc) is 3.44. The summed E-state index contributed by atoms with van der Waals surface area (Å²) in [4.78, 5) is 8.98. The number of methoxy groups -OCH3 is 1. The molecule has 2 aromatic heterocycles. The van der Waals surface area contributed by atoms with E-state index in [1.54, 1.807) is 13.4 Å². The largest absolute Gasteiger partial charge is 0.472 e. The number of hydrogen-bond acceptors (Lipinski definition) is 7. The Kier molecular flexibility index (Phi) is 5.71. The number of rotatable bonds is 6. The highest BCUT2D eigenvalue weighted by Gasteiger charge is 2.29. The van der Waals surface area contributed by atoms with Crippen LogP contribution in [0.2, 0.25) is 0 Å². The average molecular weight is 435 g/mol. The quantitative estimate of drug-likeness (QED) is 0.637. The van der Waals surface area contributed by atoms with Gasteiger partial charge in [-0.1, -0.05) is 0 Å². The van der Waals surface area contributed by atoms with Gasteiger partial charge >= 0.3 is 0 Å². The molecule has 0 saturated carbocycles. The summed E-state index contributed by atoms with van der Waals surface area (Å²) in [6.07, 6.45) is 9.28. The van der Waals surface area contributed by atoms with Crippen LogP contribution in [0.25, 0.3) is 10.9 Å². The van der Waals surface area contributed by atoms with Gasteiger partial charge in [0.15, 0.2) is 0 Å². The molecule has 0 amide bonds. The summed E-state index contributed by atoms with van der Waals surface area (Å²) >= 11 is 0. The Balaban J connectivity index is 1.58. The van der Waals surface area contributed by atoms with Crippen molar-refractivity contribution in [1.82, 2.24) is 14.8 Å². The summed E-state index contributed by atoms with van der Waals surface area (Å²) in [6.45, 7) is 5.21. The fourth-order valence-electron chi connectivity index (χ4n) is 4.55. The van der Waals surface area contributed by atoms with E-state index in [4.69, 9.17) is 15.2 Å². The van der Waals surface area contributed by atoms with Crippen molar-refractivity contribution >= 4 is 22.3 Å². The van der Waals surface area contributed by atoms with Crippen molar-refractivity contribution in [2.45, 2.75) is 38.6 Å². The highest BCUT2D eigenvalue weighted by Crippen LogP contribution is 2.41. The number of benzene rings is 1. The number of piperidine rings is 1. The molecule has 5 rings (SSSR count). The first-order chi connectivity index (χ1) is 15.6. The number of nitrogens with zero attached hydrogens (tertiary/aromatic N) is 5. The molecule has 1 fully saturated rings. The summed E-state index contributed by atoms with van der Waals surface area (Å²) < 4.78 is 13.3. The summed E-state index contributed by atoms with van der Waals surface area (Å²) in [5, 5.41) is 5.71. The normalized spacial score (nSPS) is 19.2. The molecular weight excluding hydrogens is 404 g/mol. The van der Waals surface area contributed by atoms with E-state index in [2.05, 4.69) is 38.1 Å². The van der Waals surface area contributed by atoms with Crippen molar-refractivity contribution in [3.63, 3.8) is 0 Å². The minimum Gasteiger partial charge on any atom is -0.472 e. The van der Waals surface area contributed by atoms with Gasteiger partial charge < -0.3 is 25.0 Å². The maximum atomic E-state index is 6.20. The standard InChI is InChI=1S/C24H30N6O2/c1-17-13-18(3-6-26-17)24-29(9-12-32-24)23-14-19-16-27-30(10-11-31-2)21(19)15-22(23)28-7-4-20(25)5-8-28/h3,6,9,12-16,20,24H,4-5,7-8,10-11,25H2,1-2H3. The molecule has 3 aromatic rings. The van der Waals surface area contributed by atoms with E-state index >= 15 is 0 Å². The first kappa shape index (κ1) is 20.8. The molecule has 2 N–H and O–H groups in total. The lowest BCUT2D eigenvalue weighted by Crippen LogP contribution is -2.40. The Morgan fingerprint density at radius 2 is 2.03 bits per heavy atom. The first-order valence-electron chi connectivity index (χ1n) is 11.2. The maximum absolute atomic E-state index is 6.20. The predicted octanol–water partition coefficient (Wildman–Crippen LogP) is 3.32. The Labute approximate surface area is 188 Å². The molecule has 4 heterocycles. The Bertz CT molecular complexity index is 1120. The van der Waals surface area contributed by atoms with Crippen molar-refractivity contribution in [2.75, 3.05) is 36.6 Å². The first-order valence-corrected chi connectivity index (χ1v) is 11.2. The molecule has 0 radical (unpaired) electrons. The number of aryl methyl sites for hydroxylation is 1. The van der Waals surface area contributed by atoms with Crippen LogP contribution in [0.3, 0.4) is 0 Å². The van der Waals surface area contributed by atoms with Crippen LogP contribution in [0, 0.1) is 6.92 Å². The Morgan fingerprint density at radius 3 is 2.81 bits per heavy atom. The molecule has 8 nitrogen and oxygen atoms in total. The maximum Gasteiger partial charge on any atom is 0.202 e. The van der Waals surface area contributed by atoms with Crippen LogP contribution >= 0.6 is 0 Å². The van der Waals surface area contributed by atoms with Crippen LogP contribution in [0.15, 0.2) is 49.1 Å². The molecule has 2 aliphatic heterocycles. The van der Waals surface area contributed by atoms with Gasteiger partial charge in [0, 0.05) is 55.3 Å². The van der Waals surface area contributed by atoms with Gasteiger partial charge in [-0.15, -0.1) is 0 Å². The van der Waals surface area contributed by atoms with Crippen LogP contribution in [0.5, 0.6) is 0 Å². The zero-order valence-corrected chi connectivity index (χ0v) is 18.6. The van der Waals surface area contributed by atoms with Gasteiger partial charge in [0.1, 0.15) is 6.26 Å². The number of hydrogen-bond donors (Lipinski definition) is 1. The number of fused-ring (bicyclic) bond motifs is 1. The van der Waals surface area contributed by atoms with E-state index < -0.39 is 0 Å². The van der Waals surface area contributed by atoms with E-state index in [-0.39, 0.29) is 12.3 Å².